The van der Waals surface area contributed by atoms with E-state index in [0.29, 0.717) is 6.10 Å². The molecule has 0 radical (unpaired) electrons. The number of hydrogen-bond acceptors (Lipinski definition) is 3. The highest BCUT2D eigenvalue weighted by molar-refractivity contribution is 5.53. The van der Waals surface area contributed by atoms with Crippen LogP contribution in [0, 0.1) is 5.92 Å². The SMILES string of the molecule is Nc1ccc(N2CCC(C3CCCO3)CC2)cc1. The fraction of sp³-hybridized carbons (Fsp3) is 0.600. The van der Waals surface area contributed by atoms with Crippen LogP contribution in [-0.4, -0.2) is 25.8 Å². The van der Waals surface area contributed by atoms with E-state index in [-0.39, 0.29) is 0 Å². The molecule has 0 amide bonds. The third-order valence-electron chi connectivity index (χ3n) is 4.29. The van der Waals surface area contributed by atoms with Crippen molar-refractivity contribution in [3.05, 3.63) is 24.3 Å². The topological polar surface area (TPSA) is 38.5 Å². The van der Waals surface area contributed by atoms with Crippen LogP contribution >= 0.6 is 0 Å². The Labute approximate surface area is 109 Å². The standard InChI is InChI=1S/C15H22N2O/c16-13-3-5-14(6-4-13)17-9-7-12(8-10-17)15-2-1-11-18-15/h3-6,12,15H,1-2,7-11,16H2. The van der Waals surface area contributed by atoms with Gasteiger partial charge in [-0.1, -0.05) is 0 Å². The smallest absolute Gasteiger partial charge is 0.0605 e. The van der Waals surface area contributed by atoms with E-state index in [1.807, 2.05) is 12.1 Å². The summed E-state index contributed by atoms with van der Waals surface area (Å²) >= 11 is 0. The van der Waals surface area contributed by atoms with E-state index in [0.717, 1.165) is 31.3 Å². The summed E-state index contributed by atoms with van der Waals surface area (Å²) in [5, 5.41) is 0. The van der Waals surface area contributed by atoms with Gasteiger partial charge in [0.15, 0.2) is 0 Å². The van der Waals surface area contributed by atoms with Crippen LogP contribution in [0.1, 0.15) is 25.7 Å². The Morgan fingerprint density at radius 2 is 1.78 bits per heavy atom. The average molecular weight is 246 g/mol. The Bertz CT molecular complexity index is 376. The normalized spacial score (nSPS) is 25.6. The Morgan fingerprint density at radius 1 is 1.06 bits per heavy atom. The second kappa shape index (κ2) is 5.19. The van der Waals surface area contributed by atoms with E-state index < -0.39 is 0 Å². The number of nitrogens with zero attached hydrogens (tertiary/aromatic N) is 1. The van der Waals surface area contributed by atoms with Crippen LogP contribution in [0.15, 0.2) is 24.3 Å². The quantitative estimate of drug-likeness (QED) is 0.815. The maximum atomic E-state index is 5.81. The molecule has 0 aliphatic carbocycles. The first-order chi connectivity index (χ1) is 8.83. The van der Waals surface area contributed by atoms with Gasteiger partial charge in [0.2, 0.25) is 0 Å². The van der Waals surface area contributed by atoms with Crippen LogP contribution in [0.5, 0.6) is 0 Å². The highest BCUT2D eigenvalue weighted by Crippen LogP contribution is 2.30. The van der Waals surface area contributed by atoms with E-state index in [4.69, 9.17) is 10.5 Å². The van der Waals surface area contributed by atoms with Crippen molar-refractivity contribution in [1.29, 1.82) is 0 Å². The summed E-state index contributed by atoms with van der Waals surface area (Å²) in [7, 11) is 0. The van der Waals surface area contributed by atoms with Crippen molar-refractivity contribution in [3.8, 4) is 0 Å². The van der Waals surface area contributed by atoms with Gasteiger partial charge in [-0.05, 0) is 55.9 Å². The number of nitrogens with two attached hydrogens (primary N) is 1. The number of hydrogen-bond donors (Lipinski definition) is 1. The van der Waals surface area contributed by atoms with Gasteiger partial charge in [-0.3, -0.25) is 0 Å². The zero-order valence-electron chi connectivity index (χ0n) is 10.8. The highest BCUT2D eigenvalue weighted by Gasteiger charge is 2.29. The third-order valence-corrected chi connectivity index (χ3v) is 4.29. The first kappa shape index (κ1) is 11.8. The van der Waals surface area contributed by atoms with Gasteiger partial charge >= 0.3 is 0 Å². The Hall–Kier alpha value is -1.22. The van der Waals surface area contributed by atoms with Crippen LogP contribution in [-0.2, 0) is 4.74 Å². The van der Waals surface area contributed by atoms with Crippen molar-refractivity contribution in [2.24, 2.45) is 5.92 Å². The lowest BCUT2D eigenvalue weighted by Crippen LogP contribution is -2.37. The van der Waals surface area contributed by atoms with Crippen LogP contribution in [0.4, 0.5) is 11.4 Å². The van der Waals surface area contributed by atoms with Crippen LogP contribution < -0.4 is 10.6 Å². The molecule has 3 heteroatoms. The first-order valence-electron chi connectivity index (χ1n) is 7.05. The summed E-state index contributed by atoms with van der Waals surface area (Å²) in [6.45, 7) is 3.27. The van der Waals surface area contributed by atoms with Crippen LogP contribution in [0.3, 0.4) is 0 Å². The zero-order valence-corrected chi connectivity index (χ0v) is 10.8. The molecule has 2 aliphatic heterocycles. The highest BCUT2D eigenvalue weighted by atomic mass is 16.5. The minimum Gasteiger partial charge on any atom is -0.399 e. The summed E-state index contributed by atoms with van der Waals surface area (Å²) in [4.78, 5) is 2.46. The maximum Gasteiger partial charge on any atom is 0.0605 e. The molecule has 1 unspecified atom stereocenters. The van der Waals surface area contributed by atoms with Crippen molar-refractivity contribution in [2.75, 3.05) is 30.3 Å². The van der Waals surface area contributed by atoms with E-state index >= 15 is 0 Å². The van der Waals surface area contributed by atoms with Gasteiger partial charge in [0.1, 0.15) is 0 Å². The second-order valence-corrected chi connectivity index (χ2v) is 5.47. The minimum absolute atomic E-state index is 0.540. The van der Waals surface area contributed by atoms with E-state index in [1.54, 1.807) is 0 Å². The van der Waals surface area contributed by atoms with Crippen molar-refractivity contribution >= 4 is 11.4 Å². The van der Waals surface area contributed by atoms with Crippen molar-refractivity contribution in [1.82, 2.24) is 0 Å². The number of anilines is 2. The van der Waals surface area contributed by atoms with Gasteiger partial charge in [0.25, 0.3) is 0 Å². The molecule has 98 valence electrons. The molecule has 1 aromatic rings. The fourth-order valence-electron chi connectivity index (χ4n) is 3.19. The van der Waals surface area contributed by atoms with E-state index in [1.165, 1.54) is 31.4 Å². The molecule has 3 rings (SSSR count). The summed E-state index contributed by atoms with van der Waals surface area (Å²) in [5.41, 5.74) is 7.87. The molecule has 0 aromatic heterocycles. The summed E-state index contributed by atoms with van der Waals surface area (Å²) in [5.74, 6) is 0.775. The van der Waals surface area contributed by atoms with Crippen LogP contribution in [0.25, 0.3) is 0 Å². The van der Waals surface area contributed by atoms with Gasteiger partial charge in [0.05, 0.1) is 6.10 Å². The molecule has 18 heavy (non-hydrogen) atoms. The van der Waals surface area contributed by atoms with Crippen molar-refractivity contribution < 1.29 is 4.74 Å². The molecule has 2 heterocycles. The zero-order chi connectivity index (χ0) is 12.4. The lowest BCUT2D eigenvalue weighted by Gasteiger charge is -2.35. The molecule has 0 saturated carbocycles. The number of benzene rings is 1. The molecule has 2 saturated heterocycles. The largest absolute Gasteiger partial charge is 0.399 e. The molecule has 1 aromatic carbocycles. The molecule has 1 atom stereocenters. The van der Waals surface area contributed by atoms with Crippen molar-refractivity contribution in [2.45, 2.75) is 31.8 Å². The van der Waals surface area contributed by atoms with Gasteiger partial charge in [-0.2, -0.15) is 0 Å². The number of ether oxygens (including phenoxy) is 1. The first-order valence-corrected chi connectivity index (χ1v) is 7.05. The predicted molar refractivity (Wildman–Crippen MR) is 74.8 cm³/mol. The average Bonchev–Trinajstić information content (AvgIpc) is 2.94. The fourth-order valence-corrected chi connectivity index (χ4v) is 3.19. The number of rotatable bonds is 2. The molecule has 2 fully saturated rings. The molecular weight excluding hydrogens is 224 g/mol. The number of piperidine rings is 1. The molecule has 2 N–H and O–H groups in total. The maximum absolute atomic E-state index is 5.81. The van der Waals surface area contributed by atoms with Crippen LogP contribution in [0.2, 0.25) is 0 Å². The monoisotopic (exact) mass is 246 g/mol. The van der Waals surface area contributed by atoms with Crippen molar-refractivity contribution in [3.63, 3.8) is 0 Å². The molecule has 2 aliphatic rings. The minimum atomic E-state index is 0.540. The Kier molecular flexibility index (Phi) is 3.41. The number of nitrogen functional groups attached to an aromatic ring is 1. The lowest BCUT2D eigenvalue weighted by molar-refractivity contribution is 0.0531. The van der Waals surface area contributed by atoms with Gasteiger partial charge in [0, 0.05) is 31.1 Å². The molecular formula is C15H22N2O. The van der Waals surface area contributed by atoms with E-state index in [2.05, 4.69) is 17.0 Å². The summed E-state index contributed by atoms with van der Waals surface area (Å²) < 4.78 is 5.81. The van der Waals surface area contributed by atoms with Gasteiger partial charge in [-0.25, -0.2) is 0 Å². The lowest BCUT2D eigenvalue weighted by atomic mass is 9.89. The summed E-state index contributed by atoms with van der Waals surface area (Å²) in [6.07, 6.45) is 5.58. The predicted octanol–water partition coefficient (Wildman–Crippen LogP) is 2.66. The van der Waals surface area contributed by atoms with E-state index in [9.17, 15) is 0 Å². The Balaban J connectivity index is 1.57. The third kappa shape index (κ3) is 2.46. The summed E-state index contributed by atoms with van der Waals surface area (Å²) in [6, 6.07) is 8.23. The Morgan fingerprint density at radius 3 is 2.39 bits per heavy atom. The van der Waals surface area contributed by atoms with Gasteiger partial charge < -0.3 is 15.4 Å². The van der Waals surface area contributed by atoms with Gasteiger partial charge in [-0.15, -0.1) is 0 Å². The second-order valence-electron chi connectivity index (χ2n) is 5.47. The molecule has 0 bridgehead atoms. The molecule has 3 nitrogen and oxygen atoms in total. The molecule has 0 spiro atoms.